The molecule has 1 saturated carbocycles. The molecule has 1 aromatic carbocycles. The van der Waals surface area contributed by atoms with Crippen LogP contribution in [0, 0.1) is 0 Å². The molecule has 8 heteroatoms. The number of aromatic nitrogens is 2. The number of carbonyl (C=O) groups excluding carboxylic acids is 2. The third-order valence-electron chi connectivity index (χ3n) is 5.16. The van der Waals surface area contributed by atoms with Crippen LogP contribution in [0.1, 0.15) is 38.6 Å². The summed E-state index contributed by atoms with van der Waals surface area (Å²) in [5, 5.41) is 10.2. The maximum absolute atomic E-state index is 12.5. The zero-order chi connectivity index (χ0) is 20.6. The summed E-state index contributed by atoms with van der Waals surface area (Å²) in [7, 11) is 1.60. The van der Waals surface area contributed by atoms with E-state index in [-0.39, 0.29) is 24.9 Å². The Hall–Kier alpha value is -2.87. The van der Waals surface area contributed by atoms with Crippen molar-refractivity contribution in [3.05, 3.63) is 36.5 Å². The molecule has 0 aliphatic heterocycles. The van der Waals surface area contributed by atoms with Gasteiger partial charge in [0.1, 0.15) is 11.6 Å². The third kappa shape index (κ3) is 5.80. The monoisotopic (exact) mass is 399 g/mol. The molecule has 0 radical (unpaired) electrons. The van der Waals surface area contributed by atoms with Crippen LogP contribution in [-0.2, 0) is 9.59 Å². The number of nitrogens with zero attached hydrogens (tertiary/aromatic N) is 3. The second-order valence-corrected chi connectivity index (χ2v) is 7.23. The lowest BCUT2D eigenvalue weighted by Crippen LogP contribution is -2.39. The molecule has 0 atom stereocenters. The highest BCUT2D eigenvalue weighted by atomic mass is 16.5. The molecule has 2 aromatic rings. The Balaban J connectivity index is 1.50. The van der Waals surface area contributed by atoms with Crippen LogP contribution < -0.4 is 15.4 Å². The number of hydrogen-bond acceptors (Lipinski definition) is 5. The molecular weight excluding hydrogens is 370 g/mol. The molecule has 3 rings (SSSR count). The Morgan fingerprint density at radius 2 is 1.76 bits per heavy atom. The standard InChI is InChI=1S/C21H29N5O3/c1-3-25(14-20(27)23-16-8-10-18(29-2)11-9-16)15-21(28)24-19-12-13-22-26(19)17-6-4-5-7-17/h8-13,17H,3-7,14-15H2,1-2H3,(H,23,27)(H,24,28). The number of methoxy groups -OCH3 is 1. The predicted octanol–water partition coefficient (Wildman–Crippen LogP) is 2.91. The average Bonchev–Trinajstić information content (AvgIpc) is 3.39. The van der Waals surface area contributed by atoms with E-state index in [0.29, 0.717) is 18.3 Å². The summed E-state index contributed by atoms with van der Waals surface area (Å²) in [4.78, 5) is 26.6. The topological polar surface area (TPSA) is 88.5 Å². The van der Waals surface area contributed by atoms with Gasteiger partial charge >= 0.3 is 0 Å². The van der Waals surface area contributed by atoms with E-state index in [2.05, 4.69) is 15.7 Å². The number of anilines is 2. The Labute approximate surface area is 171 Å². The summed E-state index contributed by atoms with van der Waals surface area (Å²) >= 11 is 0. The van der Waals surface area contributed by atoms with Gasteiger partial charge in [0, 0.05) is 11.8 Å². The van der Waals surface area contributed by atoms with Gasteiger partial charge in [0.2, 0.25) is 11.8 Å². The molecule has 0 unspecified atom stereocenters. The lowest BCUT2D eigenvalue weighted by molar-refractivity contribution is -0.119. The number of ether oxygens (including phenoxy) is 1. The Morgan fingerprint density at radius 3 is 2.38 bits per heavy atom. The van der Waals surface area contributed by atoms with Crippen molar-refractivity contribution in [3.8, 4) is 5.75 Å². The molecule has 8 nitrogen and oxygen atoms in total. The first-order valence-corrected chi connectivity index (χ1v) is 10.1. The number of rotatable bonds is 9. The second-order valence-electron chi connectivity index (χ2n) is 7.23. The number of nitrogens with one attached hydrogen (secondary N) is 2. The predicted molar refractivity (Wildman–Crippen MR) is 112 cm³/mol. The number of likely N-dealkylation sites (N-methyl/N-ethyl adjacent to an activating group) is 1. The molecule has 29 heavy (non-hydrogen) atoms. The van der Waals surface area contributed by atoms with Crippen LogP contribution in [0.5, 0.6) is 5.75 Å². The summed E-state index contributed by atoms with van der Waals surface area (Å²) in [6.07, 6.45) is 6.30. The van der Waals surface area contributed by atoms with Crippen LogP contribution in [0.15, 0.2) is 36.5 Å². The van der Waals surface area contributed by atoms with Crippen molar-refractivity contribution in [2.45, 2.75) is 38.6 Å². The molecular formula is C21H29N5O3. The highest BCUT2D eigenvalue weighted by Gasteiger charge is 2.21. The van der Waals surface area contributed by atoms with E-state index in [4.69, 9.17) is 4.74 Å². The quantitative estimate of drug-likeness (QED) is 0.677. The molecule has 1 aromatic heterocycles. The number of benzene rings is 1. The first kappa shape index (κ1) is 20.9. The van der Waals surface area contributed by atoms with E-state index < -0.39 is 0 Å². The second kappa shape index (κ2) is 10.1. The smallest absolute Gasteiger partial charge is 0.239 e. The van der Waals surface area contributed by atoms with Crippen LogP contribution in [0.4, 0.5) is 11.5 Å². The highest BCUT2D eigenvalue weighted by Crippen LogP contribution is 2.31. The van der Waals surface area contributed by atoms with Gasteiger partial charge in [-0.05, 0) is 43.7 Å². The largest absolute Gasteiger partial charge is 0.497 e. The van der Waals surface area contributed by atoms with Crippen molar-refractivity contribution >= 4 is 23.3 Å². The van der Waals surface area contributed by atoms with Gasteiger partial charge in [0.25, 0.3) is 0 Å². The fourth-order valence-corrected chi connectivity index (χ4v) is 3.60. The van der Waals surface area contributed by atoms with E-state index in [1.165, 1.54) is 12.8 Å². The summed E-state index contributed by atoms with van der Waals surface area (Å²) in [6.45, 7) is 2.79. The van der Waals surface area contributed by atoms with Gasteiger partial charge in [-0.25, -0.2) is 4.68 Å². The number of amides is 2. The van der Waals surface area contributed by atoms with Gasteiger partial charge < -0.3 is 15.4 Å². The molecule has 1 aliphatic carbocycles. The molecule has 0 saturated heterocycles. The molecule has 2 amide bonds. The fraction of sp³-hybridized carbons (Fsp3) is 0.476. The van der Waals surface area contributed by atoms with Crippen molar-refractivity contribution < 1.29 is 14.3 Å². The van der Waals surface area contributed by atoms with Gasteiger partial charge in [0.15, 0.2) is 0 Å². The molecule has 1 heterocycles. The summed E-state index contributed by atoms with van der Waals surface area (Å²) in [5.41, 5.74) is 0.691. The van der Waals surface area contributed by atoms with E-state index in [9.17, 15) is 9.59 Å². The highest BCUT2D eigenvalue weighted by molar-refractivity contribution is 5.94. The van der Waals surface area contributed by atoms with E-state index in [1.807, 2.05) is 17.7 Å². The van der Waals surface area contributed by atoms with E-state index >= 15 is 0 Å². The summed E-state index contributed by atoms with van der Waals surface area (Å²) in [5.74, 6) is 1.14. The summed E-state index contributed by atoms with van der Waals surface area (Å²) < 4.78 is 7.03. The first-order chi connectivity index (χ1) is 14.1. The Morgan fingerprint density at radius 1 is 1.10 bits per heavy atom. The van der Waals surface area contributed by atoms with Crippen LogP contribution >= 0.6 is 0 Å². The first-order valence-electron chi connectivity index (χ1n) is 10.1. The minimum absolute atomic E-state index is 0.137. The minimum atomic E-state index is -0.166. The molecule has 2 N–H and O–H groups in total. The van der Waals surface area contributed by atoms with Crippen molar-refractivity contribution in [3.63, 3.8) is 0 Å². The normalized spacial score (nSPS) is 14.2. The van der Waals surface area contributed by atoms with Gasteiger partial charge in [-0.3, -0.25) is 14.5 Å². The van der Waals surface area contributed by atoms with Crippen molar-refractivity contribution in [2.24, 2.45) is 0 Å². The van der Waals surface area contributed by atoms with Gasteiger partial charge in [-0.15, -0.1) is 0 Å². The number of carbonyl (C=O) groups is 2. The zero-order valence-corrected chi connectivity index (χ0v) is 17.1. The van der Waals surface area contributed by atoms with Gasteiger partial charge in [0.05, 0.1) is 32.4 Å². The van der Waals surface area contributed by atoms with Crippen molar-refractivity contribution in [2.75, 3.05) is 37.4 Å². The Bertz CT molecular complexity index is 812. The average molecular weight is 399 g/mol. The maximum Gasteiger partial charge on any atom is 0.239 e. The molecule has 1 aliphatic rings. The van der Waals surface area contributed by atoms with Crippen LogP contribution in [0.25, 0.3) is 0 Å². The molecule has 156 valence electrons. The third-order valence-corrected chi connectivity index (χ3v) is 5.16. The van der Waals surface area contributed by atoms with E-state index in [0.717, 1.165) is 24.4 Å². The fourth-order valence-electron chi connectivity index (χ4n) is 3.60. The molecule has 1 fully saturated rings. The van der Waals surface area contributed by atoms with Gasteiger partial charge in [-0.2, -0.15) is 5.10 Å². The van der Waals surface area contributed by atoms with Crippen LogP contribution in [-0.4, -0.2) is 53.2 Å². The molecule has 0 bridgehead atoms. The van der Waals surface area contributed by atoms with Crippen LogP contribution in [0.3, 0.4) is 0 Å². The van der Waals surface area contributed by atoms with Crippen LogP contribution in [0.2, 0.25) is 0 Å². The number of hydrogen-bond donors (Lipinski definition) is 2. The van der Waals surface area contributed by atoms with Crippen molar-refractivity contribution in [1.82, 2.24) is 14.7 Å². The molecule has 0 spiro atoms. The Kier molecular flexibility index (Phi) is 7.24. The maximum atomic E-state index is 12.5. The van der Waals surface area contributed by atoms with Gasteiger partial charge in [-0.1, -0.05) is 19.8 Å². The minimum Gasteiger partial charge on any atom is -0.497 e. The lowest BCUT2D eigenvalue weighted by atomic mass is 10.2. The lowest BCUT2D eigenvalue weighted by Gasteiger charge is -2.20. The SMILES string of the molecule is CCN(CC(=O)Nc1ccc(OC)cc1)CC(=O)Nc1ccnn1C1CCCC1. The van der Waals surface area contributed by atoms with Crippen molar-refractivity contribution in [1.29, 1.82) is 0 Å². The summed E-state index contributed by atoms with van der Waals surface area (Å²) in [6, 6.07) is 9.32. The zero-order valence-electron chi connectivity index (χ0n) is 17.1. The van der Waals surface area contributed by atoms with E-state index in [1.54, 1.807) is 42.5 Å².